The summed E-state index contributed by atoms with van der Waals surface area (Å²) in [7, 11) is 0. The number of ether oxygens (including phenoxy) is 1. The highest BCUT2D eigenvalue weighted by Gasteiger charge is 2.18. The molecule has 1 heterocycles. The van der Waals surface area contributed by atoms with Gasteiger partial charge in [0.2, 0.25) is 0 Å². The van der Waals surface area contributed by atoms with E-state index in [9.17, 15) is 9.59 Å². The maximum atomic E-state index is 12.4. The van der Waals surface area contributed by atoms with Gasteiger partial charge in [-0.3, -0.25) is 4.79 Å². The van der Waals surface area contributed by atoms with Crippen LogP contribution < -0.4 is 15.4 Å². The number of benzene rings is 2. The topological polar surface area (TPSA) is 70.7 Å². The van der Waals surface area contributed by atoms with Crippen LogP contribution in [0.4, 0.5) is 10.5 Å². The third kappa shape index (κ3) is 5.87. The first-order valence-electron chi connectivity index (χ1n) is 9.78. The number of nitrogens with one attached hydrogen (secondary N) is 2. The molecule has 2 aromatic rings. The van der Waals surface area contributed by atoms with Gasteiger partial charge in [-0.15, -0.1) is 0 Å². The third-order valence-electron chi connectivity index (χ3n) is 4.85. The van der Waals surface area contributed by atoms with Crippen LogP contribution >= 0.6 is 11.6 Å². The Bertz CT molecular complexity index is 881. The van der Waals surface area contributed by atoms with Crippen molar-refractivity contribution in [2.45, 2.75) is 39.3 Å². The molecular weight excluding hydrogens is 390 g/mol. The average molecular weight is 416 g/mol. The van der Waals surface area contributed by atoms with Crippen molar-refractivity contribution in [3.63, 3.8) is 0 Å². The van der Waals surface area contributed by atoms with Crippen molar-refractivity contribution in [2.75, 3.05) is 18.4 Å². The van der Waals surface area contributed by atoms with Crippen LogP contribution in [0.25, 0.3) is 0 Å². The van der Waals surface area contributed by atoms with Gasteiger partial charge in [0.15, 0.2) is 6.10 Å². The van der Waals surface area contributed by atoms with E-state index in [-0.39, 0.29) is 11.9 Å². The van der Waals surface area contributed by atoms with Crippen LogP contribution in [0.2, 0.25) is 5.02 Å². The van der Waals surface area contributed by atoms with Gasteiger partial charge in [0.25, 0.3) is 5.91 Å². The van der Waals surface area contributed by atoms with Crippen molar-refractivity contribution in [1.82, 2.24) is 10.2 Å². The Morgan fingerprint density at radius 3 is 2.66 bits per heavy atom. The second-order valence-electron chi connectivity index (χ2n) is 7.21. The van der Waals surface area contributed by atoms with Gasteiger partial charge in [-0.2, -0.15) is 0 Å². The number of nitrogens with zero attached hydrogens (tertiary/aromatic N) is 1. The summed E-state index contributed by atoms with van der Waals surface area (Å²) >= 11 is 5.95. The quantitative estimate of drug-likeness (QED) is 0.736. The van der Waals surface area contributed by atoms with Crippen molar-refractivity contribution in [3.05, 3.63) is 58.6 Å². The molecule has 1 aliphatic heterocycles. The van der Waals surface area contributed by atoms with Gasteiger partial charge < -0.3 is 20.3 Å². The normalized spacial score (nSPS) is 14.4. The number of likely N-dealkylation sites (tertiary alicyclic amines) is 1. The lowest BCUT2D eigenvalue weighted by Gasteiger charge is -2.17. The Morgan fingerprint density at radius 2 is 1.93 bits per heavy atom. The number of carbonyl (C=O) groups excluding carboxylic acids is 2. The SMILES string of the molecule is Cc1cc(Cl)ccc1O[C@H](C)C(=O)NCc1cccc(NC(=O)N2CCCC2)c1. The molecule has 0 aromatic heterocycles. The predicted octanol–water partition coefficient (Wildman–Crippen LogP) is 4.36. The Labute approximate surface area is 176 Å². The molecule has 6 nitrogen and oxygen atoms in total. The van der Waals surface area contributed by atoms with Crippen LogP contribution in [0.3, 0.4) is 0 Å². The first-order chi connectivity index (χ1) is 13.9. The van der Waals surface area contributed by atoms with Gasteiger partial charge in [-0.25, -0.2) is 4.79 Å². The van der Waals surface area contributed by atoms with Crippen molar-refractivity contribution in [2.24, 2.45) is 0 Å². The molecule has 2 aromatic carbocycles. The number of hydrogen-bond donors (Lipinski definition) is 2. The molecule has 0 unspecified atom stereocenters. The zero-order valence-corrected chi connectivity index (χ0v) is 17.5. The molecule has 0 bridgehead atoms. The largest absolute Gasteiger partial charge is 0.481 e. The summed E-state index contributed by atoms with van der Waals surface area (Å²) in [6.45, 7) is 5.53. The molecule has 2 N–H and O–H groups in total. The smallest absolute Gasteiger partial charge is 0.321 e. The Morgan fingerprint density at radius 1 is 1.17 bits per heavy atom. The van der Waals surface area contributed by atoms with Crippen LogP contribution in [-0.2, 0) is 11.3 Å². The molecular formula is C22H26ClN3O3. The number of carbonyl (C=O) groups is 2. The Balaban J connectivity index is 1.52. The van der Waals surface area contributed by atoms with E-state index in [0.717, 1.165) is 42.7 Å². The first-order valence-corrected chi connectivity index (χ1v) is 10.2. The van der Waals surface area contributed by atoms with Crippen LogP contribution in [0.15, 0.2) is 42.5 Å². The standard InChI is InChI=1S/C22H26ClN3O3/c1-15-12-18(23)8-9-20(15)29-16(2)21(27)24-14-17-6-5-7-19(13-17)25-22(28)26-10-3-4-11-26/h5-9,12-13,16H,3-4,10-11,14H2,1-2H3,(H,24,27)(H,25,28)/t16-/m1/s1. The highest BCUT2D eigenvalue weighted by Crippen LogP contribution is 2.23. The van der Waals surface area contributed by atoms with Crippen molar-refractivity contribution in [3.8, 4) is 5.75 Å². The van der Waals surface area contributed by atoms with Crippen LogP contribution in [0, 0.1) is 6.92 Å². The minimum Gasteiger partial charge on any atom is -0.481 e. The molecule has 0 saturated carbocycles. The van der Waals surface area contributed by atoms with E-state index in [0.29, 0.717) is 17.3 Å². The maximum absolute atomic E-state index is 12.4. The number of aryl methyl sites for hydroxylation is 1. The van der Waals surface area contributed by atoms with Gasteiger partial charge in [0.1, 0.15) is 5.75 Å². The number of halogens is 1. The lowest BCUT2D eigenvalue weighted by molar-refractivity contribution is -0.127. The molecule has 1 saturated heterocycles. The molecule has 154 valence electrons. The van der Waals surface area contributed by atoms with E-state index >= 15 is 0 Å². The summed E-state index contributed by atoms with van der Waals surface area (Å²) in [5.74, 6) is 0.412. The summed E-state index contributed by atoms with van der Waals surface area (Å²) in [5, 5.41) is 6.42. The summed E-state index contributed by atoms with van der Waals surface area (Å²) in [4.78, 5) is 26.4. The second-order valence-corrected chi connectivity index (χ2v) is 7.65. The van der Waals surface area contributed by atoms with Gasteiger partial charge >= 0.3 is 6.03 Å². The number of urea groups is 1. The van der Waals surface area contributed by atoms with Gasteiger partial charge in [0.05, 0.1) is 0 Å². The summed E-state index contributed by atoms with van der Waals surface area (Å²) < 4.78 is 5.75. The molecule has 0 aliphatic carbocycles. The van der Waals surface area contributed by atoms with Crippen LogP contribution in [-0.4, -0.2) is 36.0 Å². The van der Waals surface area contributed by atoms with Gasteiger partial charge in [0, 0.05) is 30.3 Å². The number of anilines is 1. The third-order valence-corrected chi connectivity index (χ3v) is 5.08. The Hall–Kier alpha value is -2.73. The molecule has 0 spiro atoms. The minimum atomic E-state index is -0.645. The second kappa shape index (κ2) is 9.65. The van der Waals surface area contributed by atoms with E-state index in [1.807, 2.05) is 36.1 Å². The molecule has 1 fully saturated rings. The average Bonchev–Trinajstić information content (AvgIpc) is 3.23. The summed E-state index contributed by atoms with van der Waals surface area (Å²) in [6.07, 6.45) is 1.46. The number of hydrogen-bond acceptors (Lipinski definition) is 3. The van der Waals surface area contributed by atoms with E-state index < -0.39 is 6.10 Å². The first kappa shape index (κ1) is 21.0. The molecule has 7 heteroatoms. The highest BCUT2D eigenvalue weighted by molar-refractivity contribution is 6.30. The van der Waals surface area contributed by atoms with Crippen LogP contribution in [0.5, 0.6) is 5.75 Å². The van der Waals surface area contributed by atoms with E-state index in [2.05, 4.69) is 10.6 Å². The fourth-order valence-electron chi connectivity index (χ4n) is 3.20. The van der Waals surface area contributed by atoms with E-state index in [4.69, 9.17) is 16.3 Å². The molecule has 29 heavy (non-hydrogen) atoms. The van der Waals surface area contributed by atoms with Crippen molar-refractivity contribution >= 4 is 29.2 Å². The zero-order chi connectivity index (χ0) is 20.8. The molecule has 3 amide bonds. The lowest BCUT2D eigenvalue weighted by Crippen LogP contribution is -2.36. The fourth-order valence-corrected chi connectivity index (χ4v) is 3.43. The molecule has 3 rings (SSSR count). The lowest BCUT2D eigenvalue weighted by atomic mass is 10.2. The molecule has 1 aliphatic rings. The van der Waals surface area contributed by atoms with E-state index in [1.54, 1.807) is 25.1 Å². The fraction of sp³-hybridized carbons (Fsp3) is 0.364. The zero-order valence-electron chi connectivity index (χ0n) is 16.7. The number of rotatable bonds is 6. The predicted molar refractivity (Wildman–Crippen MR) is 114 cm³/mol. The highest BCUT2D eigenvalue weighted by atomic mass is 35.5. The summed E-state index contributed by atoms with van der Waals surface area (Å²) in [5.41, 5.74) is 2.49. The molecule has 0 radical (unpaired) electrons. The van der Waals surface area contributed by atoms with Gasteiger partial charge in [-0.05, 0) is 68.1 Å². The Kier molecular flexibility index (Phi) is 6.99. The number of amides is 3. The van der Waals surface area contributed by atoms with Gasteiger partial charge in [-0.1, -0.05) is 23.7 Å². The minimum absolute atomic E-state index is 0.0796. The van der Waals surface area contributed by atoms with Crippen LogP contribution in [0.1, 0.15) is 30.9 Å². The van der Waals surface area contributed by atoms with E-state index in [1.165, 1.54) is 0 Å². The molecule has 1 atom stereocenters. The maximum Gasteiger partial charge on any atom is 0.321 e. The van der Waals surface area contributed by atoms with Crippen molar-refractivity contribution < 1.29 is 14.3 Å². The monoisotopic (exact) mass is 415 g/mol. The van der Waals surface area contributed by atoms with Crippen molar-refractivity contribution in [1.29, 1.82) is 0 Å². The summed E-state index contributed by atoms with van der Waals surface area (Å²) in [6, 6.07) is 12.7.